The summed E-state index contributed by atoms with van der Waals surface area (Å²) >= 11 is 6.11. The van der Waals surface area contributed by atoms with Crippen molar-refractivity contribution in [3.05, 3.63) is 58.6 Å². The van der Waals surface area contributed by atoms with Crippen LogP contribution in [0.5, 0.6) is 5.75 Å². The van der Waals surface area contributed by atoms with Gasteiger partial charge in [0.15, 0.2) is 11.6 Å². The number of halogens is 2. The maximum atomic E-state index is 14.6. The Hall–Kier alpha value is -2.90. The molecular weight excluding hydrogens is 431 g/mol. The van der Waals surface area contributed by atoms with Crippen molar-refractivity contribution in [1.82, 2.24) is 9.88 Å². The molecular formula is C24H28ClFN4O2. The molecule has 2 N–H and O–H groups in total. The number of fused-ring (bicyclic) bond motifs is 1. The summed E-state index contributed by atoms with van der Waals surface area (Å²) in [6, 6.07) is 6.17. The van der Waals surface area contributed by atoms with Crippen LogP contribution >= 0.6 is 11.6 Å². The number of benzene rings is 1. The van der Waals surface area contributed by atoms with E-state index < -0.39 is 5.82 Å². The van der Waals surface area contributed by atoms with E-state index in [4.69, 9.17) is 26.5 Å². The highest BCUT2D eigenvalue weighted by atomic mass is 35.5. The first-order valence-electron chi connectivity index (χ1n) is 10.5. The summed E-state index contributed by atoms with van der Waals surface area (Å²) in [7, 11) is 4.01. The predicted octanol–water partition coefficient (Wildman–Crippen LogP) is 5.25. The molecule has 0 aliphatic carbocycles. The highest BCUT2D eigenvalue weighted by molar-refractivity contribution is 6.30. The van der Waals surface area contributed by atoms with Gasteiger partial charge in [-0.2, -0.15) is 0 Å². The Bertz CT molecular complexity index is 1040. The quantitative estimate of drug-likeness (QED) is 0.232. The minimum atomic E-state index is -0.411. The predicted molar refractivity (Wildman–Crippen MR) is 128 cm³/mol. The highest BCUT2D eigenvalue weighted by Crippen LogP contribution is 2.39. The van der Waals surface area contributed by atoms with Gasteiger partial charge >= 0.3 is 0 Å². The van der Waals surface area contributed by atoms with Gasteiger partial charge in [-0.3, -0.25) is 0 Å². The summed E-state index contributed by atoms with van der Waals surface area (Å²) in [5.41, 5.74) is 2.26. The summed E-state index contributed by atoms with van der Waals surface area (Å²) in [6.07, 6.45) is 5.72. The largest absolute Gasteiger partial charge is 0.492 e. The van der Waals surface area contributed by atoms with Crippen LogP contribution in [0.25, 0.3) is 16.8 Å². The fourth-order valence-electron chi connectivity index (χ4n) is 3.33. The smallest absolute Gasteiger partial charge is 0.170 e. The molecule has 32 heavy (non-hydrogen) atoms. The van der Waals surface area contributed by atoms with E-state index in [0.29, 0.717) is 53.4 Å². The van der Waals surface area contributed by atoms with E-state index in [9.17, 15) is 4.39 Å². The van der Waals surface area contributed by atoms with Crippen molar-refractivity contribution in [2.24, 2.45) is 0 Å². The fraction of sp³-hybridized carbons (Fsp3) is 0.333. The lowest BCUT2D eigenvalue weighted by Crippen LogP contribution is -2.20. The molecule has 0 saturated heterocycles. The number of allylic oxidation sites excluding steroid dienone is 4. The number of hydrogen-bond donors (Lipinski definition) is 2. The summed E-state index contributed by atoms with van der Waals surface area (Å²) in [5.74, 6) is 1.15. The van der Waals surface area contributed by atoms with Gasteiger partial charge < -0.3 is 25.1 Å². The number of anilines is 1. The zero-order valence-electron chi connectivity index (χ0n) is 18.5. The van der Waals surface area contributed by atoms with Gasteiger partial charge in [-0.15, -0.1) is 0 Å². The molecule has 2 heterocycles. The molecule has 0 radical (unpaired) electrons. The Morgan fingerprint density at radius 2 is 2.19 bits per heavy atom. The van der Waals surface area contributed by atoms with E-state index in [1.54, 1.807) is 18.2 Å². The number of hydrogen-bond acceptors (Lipinski definition) is 6. The highest BCUT2D eigenvalue weighted by Gasteiger charge is 2.21. The monoisotopic (exact) mass is 458 g/mol. The molecule has 8 heteroatoms. The Kier molecular flexibility index (Phi) is 8.25. The van der Waals surface area contributed by atoms with Crippen LogP contribution in [0.15, 0.2) is 42.2 Å². The van der Waals surface area contributed by atoms with Crippen molar-refractivity contribution in [2.45, 2.75) is 13.3 Å². The molecule has 0 amide bonds. The second-order valence-electron chi connectivity index (χ2n) is 7.57. The van der Waals surface area contributed by atoms with Crippen LogP contribution in [-0.4, -0.2) is 56.5 Å². The lowest BCUT2D eigenvalue weighted by atomic mass is 10.0. The van der Waals surface area contributed by atoms with Crippen LogP contribution in [0, 0.1) is 11.2 Å². The first-order valence-corrected chi connectivity index (χ1v) is 10.8. The van der Waals surface area contributed by atoms with Crippen LogP contribution < -0.4 is 10.1 Å². The van der Waals surface area contributed by atoms with E-state index in [2.05, 4.69) is 15.2 Å². The molecule has 0 spiro atoms. The van der Waals surface area contributed by atoms with Crippen molar-refractivity contribution in [1.29, 1.82) is 5.41 Å². The van der Waals surface area contributed by atoms with E-state index in [1.807, 2.05) is 27.1 Å². The van der Waals surface area contributed by atoms with Crippen LogP contribution in [-0.2, 0) is 4.74 Å². The van der Waals surface area contributed by atoms with Crippen molar-refractivity contribution in [3.63, 3.8) is 0 Å². The molecule has 0 bridgehead atoms. The third-order valence-electron chi connectivity index (χ3n) is 4.90. The van der Waals surface area contributed by atoms with Gasteiger partial charge in [-0.25, -0.2) is 9.37 Å². The molecule has 0 atom stereocenters. The zero-order valence-corrected chi connectivity index (χ0v) is 19.3. The number of nitrogens with one attached hydrogen (secondary N) is 2. The average Bonchev–Trinajstić information content (AvgIpc) is 2.79. The van der Waals surface area contributed by atoms with E-state index in [-0.39, 0.29) is 0 Å². The van der Waals surface area contributed by atoms with Gasteiger partial charge in [-0.1, -0.05) is 17.7 Å². The summed E-state index contributed by atoms with van der Waals surface area (Å²) in [4.78, 5) is 6.66. The third-order valence-corrected chi connectivity index (χ3v) is 5.13. The maximum Gasteiger partial charge on any atom is 0.170 e. The summed E-state index contributed by atoms with van der Waals surface area (Å²) < 4.78 is 26.3. The SMILES string of the molecule is C/C=C(\C=C(/C=N)OCCCN(C)C)c1cc(-c2cc(Cl)ccc2F)nc2c1OCCN2. The number of aromatic nitrogens is 1. The van der Waals surface area contributed by atoms with E-state index in [0.717, 1.165) is 24.1 Å². The lowest BCUT2D eigenvalue weighted by molar-refractivity contribution is 0.214. The topological polar surface area (TPSA) is 70.5 Å². The average molecular weight is 459 g/mol. The van der Waals surface area contributed by atoms with E-state index in [1.165, 1.54) is 18.3 Å². The van der Waals surface area contributed by atoms with Gasteiger partial charge in [0.05, 0.1) is 25.1 Å². The molecule has 170 valence electrons. The standard InChI is InChI=1S/C24H28ClFN4O2/c1-4-16(12-18(15-27)31-10-5-9-30(2)3)19-14-22(20-13-17(25)6-7-21(20)26)29-24-23(19)32-11-8-28-24/h4,6-7,12-15,27H,5,8-11H2,1-3H3,(H,28,29)/b16-4+,18-12+,27-15?. The van der Waals surface area contributed by atoms with Gasteiger partial charge in [0.2, 0.25) is 0 Å². The van der Waals surface area contributed by atoms with Crippen LogP contribution in [0.2, 0.25) is 5.02 Å². The fourth-order valence-corrected chi connectivity index (χ4v) is 3.51. The molecule has 1 aliphatic rings. The van der Waals surface area contributed by atoms with E-state index >= 15 is 0 Å². The molecule has 1 aliphatic heterocycles. The normalized spacial score (nSPS) is 13.9. The third kappa shape index (κ3) is 5.87. The molecule has 0 fully saturated rings. The Morgan fingerprint density at radius 1 is 1.38 bits per heavy atom. The number of rotatable bonds is 9. The van der Waals surface area contributed by atoms with Crippen molar-refractivity contribution in [2.75, 3.05) is 45.7 Å². The van der Waals surface area contributed by atoms with Crippen LogP contribution in [0.3, 0.4) is 0 Å². The Morgan fingerprint density at radius 3 is 2.91 bits per heavy atom. The minimum Gasteiger partial charge on any atom is -0.492 e. The molecule has 1 aromatic heterocycles. The molecule has 3 rings (SSSR count). The van der Waals surface area contributed by atoms with Gasteiger partial charge in [0.1, 0.15) is 18.2 Å². The minimum absolute atomic E-state index is 0.306. The molecule has 1 aromatic carbocycles. The first-order chi connectivity index (χ1) is 15.4. The van der Waals surface area contributed by atoms with Crippen molar-refractivity contribution >= 4 is 29.2 Å². The van der Waals surface area contributed by atoms with Crippen LogP contribution in [0.4, 0.5) is 10.2 Å². The first kappa shape index (κ1) is 23.8. The van der Waals surface area contributed by atoms with Gasteiger partial charge in [-0.05, 0) is 63.4 Å². The number of ether oxygens (including phenoxy) is 2. The number of nitrogens with zero attached hydrogens (tertiary/aromatic N) is 2. The molecule has 0 unspecified atom stereocenters. The summed E-state index contributed by atoms with van der Waals surface area (Å²) in [5, 5.41) is 11.4. The Balaban J connectivity index is 2.00. The zero-order chi connectivity index (χ0) is 23.1. The second kappa shape index (κ2) is 11.1. The van der Waals surface area contributed by atoms with Crippen molar-refractivity contribution in [3.8, 4) is 17.0 Å². The molecule has 0 saturated carbocycles. The van der Waals surface area contributed by atoms with Gasteiger partial charge in [0, 0.05) is 22.7 Å². The van der Waals surface area contributed by atoms with Crippen LogP contribution in [0.1, 0.15) is 18.9 Å². The van der Waals surface area contributed by atoms with Crippen molar-refractivity contribution < 1.29 is 13.9 Å². The lowest BCUT2D eigenvalue weighted by Gasteiger charge is -2.23. The molecule has 2 aromatic rings. The Labute approximate surface area is 193 Å². The summed E-state index contributed by atoms with van der Waals surface area (Å²) in [6.45, 7) is 4.38. The number of pyridine rings is 1. The van der Waals surface area contributed by atoms with Gasteiger partial charge in [0.25, 0.3) is 0 Å². The molecule has 6 nitrogen and oxygen atoms in total. The maximum absolute atomic E-state index is 14.6. The second-order valence-corrected chi connectivity index (χ2v) is 8.01.